The van der Waals surface area contributed by atoms with E-state index in [1.807, 2.05) is 0 Å². The highest BCUT2D eigenvalue weighted by molar-refractivity contribution is 5.92. The largest absolute Gasteiger partial charge is 0.494 e. The SMILES string of the molecule is C=CC(=O)OCCCCCCOc1ccc(C(=O)Oc2ccc(OC(=O)c3ccc(C4OC(C(=O)O)C(C(=O)O)O4)cc3)cc2)cc1. The van der Waals surface area contributed by atoms with Crippen LogP contribution in [0.25, 0.3) is 0 Å². The third kappa shape index (κ3) is 9.98. The lowest BCUT2D eigenvalue weighted by molar-refractivity contribution is -0.156. The second-order valence-electron chi connectivity index (χ2n) is 10.2. The first-order chi connectivity index (χ1) is 22.6. The summed E-state index contributed by atoms with van der Waals surface area (Å²) in [5, 5.41) is 18.3. The Bertz CT molecular complexity index is 1540. The number of esters is 3. The molecule has 0 bridgehead atoms. The number of carbonyl (C=O) groups is 5. The molecule has 2 unspecified atom stereocenters. The molecule has 13 nitrogen and oxygen atoms in total. The Hall–Kier alpha value is -5.53. The Labute approximate surface area is 269 Å². The van der Waals surface area contributed by atoms with Gasteiger partial charge in [-0.3, -0.25) is 0 Å². The summed E-state index contributed by atoms with van der Waals surface area (Å²) < 4.78 is 31.8. The van der Waals surface area contributed by atoms with Crippen LogP contribution in [-0.4, -0.2) is 65.5 Å². The van der Waals surface area contributed by atoms with Gasteiger partial charge < -0.3 is 38.6 Å². The number of rotatable bonds is 16. The maximum absolute atomic E-state index is 12.6. The molecule has 1 heterocycles. The van der Waals surface area contributed by atoms with E-state index in [9.17, 15) is 34.2 Å². The number of carboxylic acid groups (broad SMARTS) is 2. The Kier molecular flexibility index (Phi) is 12.2. The van der Waals surface area contributed by atoms with E-state index in [4.69, 9.17) is 28.4 Å². The standard InChI is InChI=1S/C34H32O13/c1-2-27(35)43-20-6-4-3-5-19-42-24-13-11-22(12-14-24)33(41)45-26-17-15-25(16-18-26)44-32(40)21-7-9-23(10-8-21)34-46-28(30(36)37)29(47-34)31(38)39/h2,7-18,28-29,34H,1,3-6,19-20H2,(H,36,37)(H,38,39). The third-order valence-electron chi connectivity index (χ3n) is 6.77. The monoisotopic (exact) mass is 648 g/mol. The van der Waals surface area contributed by atoms with Gasteiger partial charge in [-0.1, -0.05) is 18.7 Å². The van der Waals surface area contributed by atoms with Crippen molar-refractivity contribution in [1.82, 2.24) is 0 Å². The molecule has 0 aliphatic carbocycles. The second-order valence-corrected chi connectivity index (χ2v) is 10.2. The van der Waals surface area contributed by atoms with Gasteiger partial charge in [0.2, 0.25) is 0 Å². The molecule has 0 amide bonds. The molecule has 246 valence electrons. The minimum absolute atomic E-state index is 0.156. The van der Waals surface area contributed by atoms with Crippen LogP contribution >= 0.6 is 0 Å². The quantitative estimate of drug-likeness (QED) is 0.0941. The fourth-order valence-corrected chi connectivity index (χ4v) is 4.32. The summed E-state index contributed by atoms with van der Waals surface area (Å²) >= 11 is 0. The normalized spacial score (nSPS) is 16.9. The Balaban J connectivity index is 1.19. The van der Waals surface area contributed by atoms with Crippen LogP contribution in [0.3, 0.4) is 0 Å². The first kappa shape index (κ1) is 34.3. The highest BCUT2D eigenvalue weighted by Gasteiger charge is 2.46. The highest BCUT2D eigenvalue weighted by Crippen LogP contribution is 2.32. The van der Waals surface area contributed by atoms with Gasteiger partial charge >= 0.3 is 29.8 Å². The van der Waals surface area contributed by atoms with E-state index in [1.54, 1.807) is 24.3 Å². The van der Waals surface area contributed by atoms with Crippen molar-refractivity contribution in [3.05, 3.63) is 102 Å². The maximum Gasteiger partial charge on any atom is 0.343 e. The fraction of sp³-hybridized carbons (Fsp3) is 0.265. The molecule has 13 heteroatoms. The van der Waals surface area contributed by atoms with Crippen molar-refractivity contribution >= 4 is 29.8 Å². The average Bonchev–Trinajstić information content (AvgIpc) is 3.54. The smallest absolute Gasteiger partial charge is 0.343 e. The van der Waals surface area contributed by atoms with Gasteiger partial charge in [0.15, 0.2) is 18.5 Å². The lowest BCUT2D eigenvalue weighted by atomic mass is 10.1. The average molecular weight is 649 g/mol. The lowest BCUT2D eigenvalue weighted by Gasteiger charge is -2.11. The number of carboxylic acids is 2. The molecule has 2 N–H and O–H groups in total. The van der Waals surface area contributed by atoms with E-state index in [1.165, 1.54) is 48.5 Å². The van der Waals surface area contributed by atoms with Gasteiger partial charge in [0, 0.05) is 11.6 Å². The number of ether oxygens (including phenoxy) is 6. The minimum Gasteiger partial charge on any atom is -0.494 e. The molecule has 0 spiro atoms. The van der Waals surface area contributed by atoms with Gasteiger partial charge in [-0.25, -0.2) is 24.0 Å². The summed E-state index contributed by atoms with van der Waals surface area (Å²) in [5.41, 5.74) is 0.789. The zero-order chi connectivity index (χ0) is 33.8. The number of hydrogen-bond acceptors (Lipinski definition) is 11. The Morgan fingerprint density at radius 2 is 1.09 bits per heavy atom. The molecule has 1 aliphatic rings. The molecule has 0 radical (unpaired) electrons. The second kappa shape index (κ2) is 16.7. The highest BCUT2D eigenvalue weighted by atomic mass is 16.7. The lowest BCUT2D eigenvalue weighted by Crippen LogP contribution is -2.36. The molecule has 0 saturated carbocycles. The molecule has 1 saturated heterocycles. The molecule has 1 fully saturated rings. The number of aliphatic carboxylic acids is 2. The summed E-state index contributed by atoms with van der Waals surface area (Å²) in [7, 11) is 0. The summed E-state index contributed by atoms with van der Waals surface area (Å²) in [4.78, 5) is 58.7. The fourth-order valence-electron chi connectivity index (χ4n) is 4.32. The first-order valence-corrected chi connectivity index (χ1v) is 14.6. The van der Waals surface area contributed by atoms with E-state index >= 15 is 0 Å². The van der Waals surface area contributed by atoms with Gasteiger partial charge in [-0.2, -0.15) is 0 Å². The molecule has 2 atom stereocenters. The zero-order valence-corrected chi connectivity index (χ0v) is 25.1. The van der Waals surface area contributed by atoms with Gasteiger partial charge in [-0.05, 0) is 86.3 Å². The molecule has 4 rings (SSSR count). The van der Waals surface area contributed by atoms with E-state index in [0.29, 0.717) is 30.1 Å². The van der Waals surface area contributed by atoms with Crippen LogP contribution in [0.1, 0.15) is 58.3 Å². The van der Waals surface area contributed by atoms with Crippen LogP contribution in [0.2, 0.25) is 0 Å². The van der Waals surface area contributed by atoms with Crippen LogP contribution < -0.4 is 14.2 Å². The molecular weight excluding hydrogens is 616 g/mol. The summed E-state index contributed by atoms with van der Waals surface area (Å²) in [6.07, 6.45) is -0.0267. The van der Waals surface area contributed by atoms with E-state index in [2.05, 4.69) is 6.58 Å². The van der Waals surface area contributed by atoms with Crippen molar-refractivity contribution in [3.63, 3.8) is 0 Å². The van der Waals surface area contributed by atoms with Crippen molar-refractivity contribution in [3.8, 4) is 17.2 Å². The van der Waals surface area contributed by atoms with Crippen molar-refractivity contribution in [2.45, 2.75) is 44.2 Å². The predicted molar refractivity (Wildman–Crippen MR) is 162 cm³/mol. The van der Waals surface area contributed by atoms with Gasteiger partial charge in [0.25, 0.3) is 0 Å². The molecule has 0 aromatic heterocycles. The molecular formula is C34H32O13. The van der Waals surface area contributed by atoms with Crippen LogP contribution in [-0.2, 0) is 28.6 Å². The Morgan fingerprint density at radius 1 is 0.638 bits per heavy atom. The maximum atomic E-state index is 12.6. The van der Waals surface area contributed by atoms with Crippen molar-refractivity contribution in [1.29, 1.82) is 0 Å². The molecule has 3 aromatic rings. The first-order valence-electron chi connectivity index (χ1n) is 14.6. The van der Waals surface area contributed by atoms with Crippen LogP contribution in [0.15, 0.2) is 85.5 Å². The van der Waals surface area contributed by atoms with Crippen molar-refractivity contribution < 1.29 is 62.6 Å². The molecule has 3 aromatic carbocycles. The van der Waals surface area contributed by atoms with E-state index in [0.717, 1.165) is 31.8 Å². The minimum atomic E-state index is -1.67. The van der Waals surface area contributed by atoms with Crippen molar-refractivity contribution in [2.75, 3.05) is 13.2 Å². The topological polar surface area (TPSA) is 181 Å². The van der Waals surface area contributed by atoms with Crippen LogP contribution in [0.4, 0.5) is 0 Å². The van der Waals surface area contributed by atoms with Gasteiger partial charge in [0.05, 0.1) is 24.3 Å². The van der Waals surface area contributed by atoms with Gasteiger partial charge in [-0.15, -0.1) is 0 Å². The third-order valence-corrected chi connectivity index (χ3v) is 6.77. The number of unbranched alkanes of at least 4 members (excludes halogenated alkanes) is 3. The number of benzene rings is 3. The predicted octanol–water partition coefficient (Wildman–Crippen LogP) is 4.75. The van der Waals surface area contributed by atoms with Crippen LogP contribution in [0, 0.1) is 0 Å². The Morgan fingerprint density at radius 3 is 1.55 bits per heavy atom. The van der Waals surface area contributed by atoms with Crippen molar-refractivity contribution in [2.24, 2.45) is 0 Å². The summed E-state index contributed by atoms with van der Waals surface area (Å²) in [6.45, 7) is 4.22. The van der Waals surface area contributed by atoms with E-state index in [-0.39, 0.29) is 17.1 Å². The molecule has 1 aliphatic heterocycles. The van der Waals surface area contributed by atoms with E-state index < -0.39 is 48.3 Å². The summed E-state index contributed by atoms with van der Waals surface area (Å²) in [5.74, 6) is -3.61. The van der Waals surface area contributed by atoms with Gasteiger partial charge in [0.1, 0.15) is 17.2 Å². The number of hydrogen-bond donors (Lipinski definition) is 2. The zero-order valence-electron chi connectivity index (χ0n) is 25.1. The molecule has 47 heavy (non-hydrogen) atoms. The van der Waals surface area contributed by atoms with Crippen LogP contribution in [0.5, 0.6) is 17.2 Å². The summed E-state index contributed by atoms with van der Waals surface area (Å²) in [6, 6.07) is 18.0. The number of carbonyl (C=O) groups excluding carboxylic acids is 3.